The highest BCUT2D eigenvalue weighted by molar-refractivity contribution is 7.91. The van der Waals surface area contributed by atoms with E-state index in [1.165, 1.54) is 6.26 Å². The number of nitrogens with one attached hydrogen (secondary N) is 2. The van der Waals surface area contributed by atoms with Gasteiger partial charge in [-0.15, -0.1) is 0 Å². The van der Waals surface area contributed by atoms with E-state index in [0.29, 0.717) is 18.7 Å². The largest absolute Gasteiger partial charge is 0.459 e. The van der Waals surface area contributed by atoms with Crippen LogP contribution < -0.4 is 10.6 Å². The average Bonchev–Trinajstić information content (AvgIpc) is 3.23. The summed E-state index contributed by atoms with van der Waals surface area (Å²) in [6.07, 6.45) is 1.81. The van der Waals surface area contributed by atoms with Crippen molar-refractivity contribution in [3.63, 3.8) is 0 Å². The highest BCUT2D eigenvalue weighted by Crippen LogP contribution is 2.18. The molecular formula is C17H18N2O5S. The van der Waals surface area contributed by atoms with Crippen LogP contribution in [-0.4, -0.2) is 31.7 Å². The van der Waals surface area contributed by atoms with Crippen LogP contribution in [0.1, 0.15) is 22.5 Å². The van der Waals surface area contributed by atoms with Crippen molar-refractivity contribution in [3.8, 4) is 0 Å². The molecule has 0 unspecified atom stereocenters. The Morgan fingerprint density at radius 3 is 2.52 bits per heavy atom. The quantitative estimate of drug-likeness (QED) is 0.840. The summed E-state index contributed by atoms with van der Waals surface area (Å²) in [6.45, 7) is 0.307. The fourth-order valence-corrected chi connectivity index (χ4v) is 4.38. The summed E-state index contributed by atoms with van der Waals surface area (Å²) in [4.78, 5) is 23.9. The first-order valence-corrected chi connectivity index (χ1v) is 9.67. The van der Waals surface area contributed by atoms with Crippen LogP contribution in [0.5, 0.6) is 0 Å². The van der Waals surface area contributed by atoms with Crippen molar-refractivity contribution in [1.29, 1.82) is 0 Å². The number of carbonyl (C=O) groups excluding carboxylic acids is 2. The van der Waals surface area contributed by atoms with Crippen LogP contribution in [0.2, 0.25) is 0 Å². The van der Waals surface area contributed by atoms with Crippen LogP contribution in [0.25, 0.3) is 0 Å². The number of carbonyl (C=O) groups is 2. The summed E-state index contributed by atoms with van der Waals surface area (Å²) in [5, 5.41) is 5.46. The zero-order valence-electron chi connectivity index (χ0n) is 13.4. The van der Waals surface area contributed by atoms with Crippen molar-refractivity contribution >= 4 is 27.3 Å². The first-order chi connectivity index (χ1) is 11.9. The highest BCUT2D eigenvalue weighted by Gasteiger charge is 2.32. The Kier molecular flexibility index (Phi) is 4.89. The van der Waals surface area contributed by atoms with E-state index >= 15 is 0 Å². The van der Waals surface area contributed by atoms with Gasteiger partial charge in [-0.25, -0.2) is 8.42 Å². The molecule has 0 radical (unpaired) electrons. The second kappa shape index (κ2) is 7.10. The number of rotatable bonds is 5. The van der Waals surface area contributed by atoms with E-state index in [-0.39, 0.29) is 29.1 Å². The van der Waals surface area contributed by atoms with Gasteiger partial charge in [0.05, 0.1) is 23.7 Å². The van der Waals surface area contributed by atoms with E-state index in [0.717, 1.165) is 5.56 Å². The van der Waals surface area contributed by atoms with Gasteiger partial charge in [-0.3, -0.25) is 9.59 Å². The molecule has 1 aliphatic rings. The van der Waals surface area contributed by atoms with Gasteiger partial charge in [0.15, 0.2) is 15.6 Å². The second-order valence-electron chi connectivity index (χ2n) is 5.95. The fourth-order valence-electron chi connectivity index (χ4n) is 2.64. The molecule has 132 valence electrons. The highest BCUT2D eigenvalue weighted by atomic mass is 32.2. The van der Waals surface area contributed by atoms with Crippen molar-refractivity contribution in [3.05, 3.63) is 54.0 Å². The fraction of sp³-hybridized carbons (Fsp3) is 0.294. The molecule has 1 atom stereocenters. The maximum absolute atomic E-state index is 12.0. The standard InChI is InChI=1S/C17H18N2O5S/c20-16(13-7-9-25(22,23)11-13)18-10-12-3-5-14(6-4-12)19-17(21)15-2-1-8-24-15/h1-6,8,13H,7,9-11H2,(H,18,20)(H,19,21)/t13-/m0/s1. The van der Waals surface area contributed by atoms with Gasteiger partial charge in [-0.2, -0.15) is 0 Å². The molecule has 2 aromatic rings. The predicted octanol–water partition coefficient (Wildman–Crippen LogP) is 1.58. The second-order valence-corrected chi connectivity index (χ2v) is 8.17. The maximum atomic E-state index is 12.0. The van der Waals surface area contributed by atoms with Gasteiger partial charge >= 0.3 is 0 Å². The van der Waals surface area contributed by atoms with Gasteiger partial charge < -0.3 is 15.1 Å². The van der Waals surface area contributed by atoms with Gasteiger partial charge in [-0.05, 0) is 36.2 Å². The lowest BCUT2D eigenvalue weighted by Gasteiger charge is -2.10. The minimum absolute atomic E-state index is 0.0728. The van der Waals surface area contributed by atoms with Crippen LogP contribution in [0.15, 0.2) is 47.1 Å². The van der Waals surface area contributed by atoms with E-state index in [2.05, 4.69) is 10.6 Å². The zero-order valence-corrected chi connectivity index (χ0v) is 14.2. The monoisotopic (exact) mass is 362 g/mol. The lowest BCUT2D eigenvalue weighted by Crippen LogP contribution is -2.30. The molecule has 7 nitrogen and oxygen atoms in total. The number of benzene rings is 1. The van der Waals surface area contributed by atoms with Crippen LogP contribution in [-0.2, 0) is 21.2 Å². The molecule has 8 heteroatoms. The number of furan rings is 1. The molecule has 25 heavy (non-hydrogen) atoms. The molecule has 2 heterocycles. The third-order valence-corrected chi connectivity index (χ3v) is 5.79. The molecule has 1 aromatic carbocycles. The number of hydrogen-bond donors (Lipinski definition) is 2. The third-order valence-electron chi connectivity index (χ3n) is 4.03. The van der Waals surface area contributed by atoms with Gasteiger partial charge in [0.1, 0.15) is 0 Å². The molecule has 0 saturated carbocycles. The van der Waals surface area contributed by atoms with Gasteiger partial charge in [0.25, 0.3) is 5.91 Å². The first-order valence-electron chi connectivity index (χ1n) is 7.85. The molecule has 1 fully saturated rings. The Balaban J connectivity index is 1.51. The minimum atomic E-state index is -3.07. The van der Waals surface area contributed by atoms with Crippen molar-refractivity contribution < 1.29 is 22.4 Å². The zero-order chi connectivity index (χ0) is 17.9. The number of anilines is 1. The van der Waals surface area contributed by atoms with Gasteiger partial charge in [0, 0.05) is 12.2 Å². The third kappa shape index (κ3) is 4.48. The van der Waals surface area contributed by atoms with E-state index < -0.39 is 15.8 Å². The lowest BCUT2D eigenvalue weighted by molar-refractivity contribution is -0.124. The topological polar surface area (TPSA) is 105 Å². The first kappa shape index (κ1) is 17.2. The summed E-state index contributed by atoms with van der Waals surface area (Å²) >= 11 is 0. The number of amides is 2. The molecule has 1 aromatic heterocycles. The van der Waals surface area contributed by atoms with Crippen molar-refractivity contribution in [1.82, 2.24) is 5.32 Å². The summed E-state index contributed by atoms with van der Waals surface area (Å²) in [5.41, 5.74) is 1.46. The van der Waals surface area contributed by atoms with Crippen molar-refractivity contribution in [2.75, 3.05) is 16.8 Å². The summed E-state index contributed by atoms with van der Waals surface area (Å²) in [5.74, 6) is -0.810. The van der Waals surface area contributed by atoms with E-state index in [9.17, 15) is 18.0 Å². The Morgan fingerprint density at radius 1 is 1.16 bits per heavy atom. The van der Waals surface area contributed by atoms with Gasteiger partial charge in [-0.1, -0.05) is 12.1 Å². The Bertz CT molecular complexity index is 857. The SMILES string of the molecule is O=C(Nc1ccc(CNC(=O)[C@H]2CCS(=O)(=O)C2)cc1)c1ccco1. The predicted molar refractivity (Wildman–Crippen MR) is 91.7 cm³/mol. The summed E-state index contributed by atoms with van der Waals surface area (Å²) in [6, 6.07) is 10.2. The molecule has 0 spiro atoms. The average molecular weight is 362 g/mol. The smallest absolute Gasteiger partial charge is 0.291 e. The normalized spacial score (nSPS) is 18.6. The van der Waals surface area contributed by atoms with Crippen LogP contribution in [0.4, 0.5) is 5.69 Å². The van der Waals surface area contributed by atoms with Gasteiger partial charge in [0.2, 0.25) is 5.91 Å². The lowest BCUT2D eigenvalue weighted by atomic mass is 10.1. The number of sulfone groups is 1. The molecular weight excluding hydrogens is 344 g/mol. The molecule has 2 amide bonds. The Morgan fingerprint density at radius 2 is 1.92 bits per heavy atom. The molecule has 1 aliphatic heterocycles. The molecule has 3 rings (SSSR count). The molecule has 2 N–H and O–H groups in total. The van der Waals surface area contributed by atoms with E-state index in [1.807, 2.05) is 0 Å². The molecule has 0 bridgehead atoms. The van der Waals surface area contributed by atoms with Crippen molar-refractivity contribution in [2.24, 2.45) is 5.92 Å². The summed E-state index contributed by atoms with van der Waals surface area (Å²) in [7, 11) is -3.07. The van der Waals surface area contributed by atoms with Crippen molar-refractivity contribution in [2.45, 2.75) is 13.0 Å². The van der Waals surface area contributed by atoms with Crippen LogP contribution in [0.3, 0.4) is 0 Å². The molecule has 1 saturated heterocycles. The van der Waals surface area contributed by atoms with E-state index in [4.69, 9.17) is 4.42 Å². The number of hydrogen-bond acceptors (Lipinski definition) is 5. The Hall–Kier alpha value is -2.61. The van der Waals surface area contributed by atoms with Crippen LogP contribution in [0, 0.1) is 5.92 Å². The molecule has 0 aliphatic carbocycles. The Labute approximate surface area is 145 Å². The summed E-state index contributed by atoms with van der Waals surface area (Å²) < 4.78 is 27.8. The van der Waals surface area contributed by atoms with E-state index in [1.54, 1.807) is 36.4 Å². The van der Waals surface area contributed by atoms with Crippen LogP contribution >= 0.6 is 0 Å². The minimum Gasteiger partial charge on any atom is -0.459 e. The maximum Gasteiger partial charge on any atom is 0.291 e.